The Hall–Kier alpha value is -4.17. The molecule has 8 nitrogen and oxygen atoms in total. The third kappa shape index (κ3) is 6.22. The minimum Gasteiger partial charge on any atom is -0.870 e. The van der Waals surface area contributed by atoms with Gasteiger partial charge in [0, 0.05) is 28.5 Å². The van der Waals surface area contributed by atoms with Crippen LogP contribution >= 0.6 is 11.3 Å². The van der Waals surface area contributed by atoms with Crippen molar-refractivity contribution in [3.63, 3.8) is 0 Å². The van der Waals surface area contributed by atoms with E-state index in [2.05, 4.69) is 4.98 Å². The van der Waals surface area contributed by atoms with Gasteiger partial charge in [-0.2, -0.15) is 5.10 Å². The summed E-state index contributed by atoms with van der Waals surface area (Å²) in [5.74, 6) is -2.45. The molecule has 1 aliphatic rings. The molecule has 1 unspecified atom stereocenters. The van der Waals surface area contributed by atoms with E-state index < -0.39 is 34.4 Å². The van der Waals surface area contributed by atoms with Crippen LogP contribution in [0.5, 0.6) is 0 Å². The molecule has 0 radical (unpaired) electrons. The lowest BCUT2D eigenvalue weighted by Crippen LogP contribution is -2.07. The molecule has 1 saturated carbocycles. The van der Waals surface area contributed by atoms with Gasteiger partial charge in [-0.15, -0.1) is 16.5 Å². The van der Waals surface area contributed by atoms with E-state index in [0.29, 0.717) is 45.4 Å². The molecule has 2 heterocycles. The summed E-state index contributed by atoms with van der Waals surface area (Å²) in [4.78, 5) is 15.8. The molecule has 0 bridgehead atoms. The minimum absolute atomic E-state index is 0. The van der Waals surface area contributed by atoms with E-state index in [0.717, 1.165) is 35.4 Å². The molecule has 13 heteroatoms. The van der Waals surface area contributed by atoms with Crippen molar-refractivity contribution in [2.45, 2.75) is 37.5 Å². The van der Waals surface area contributed by atoms with Crippen molar-refractivity contribution in [1.29, 1.82) is 0 Å². The molecule has 5 aromatic rings. The third-order valence-corrected chi connectivity index (χ3v) is 9.17. The molecule has 0 saturated heterocycles. The number of carboxylic acids is 1. The zero-order chi connectivity index (χ0) is 30.4. The number of aromatic nitrogens is 3. The van der Waals surface area contributed by atoms with Gasteiger partial charge in [0.05, 0.1) is 11.4 Å². The summed E-state index contributed by atoms with van der Waals surface area (Å²) in [6, 6.07) is 13.3. The maximum atomic E-state index is 15.1. The first kappa shape index (κ1) is 31.3. The second kappa shape index (κ2) is 12.4. The number of hydrogen-bond donors (Lipinski definition) is 2. The molecule has 6 rings (SSSR count). The number of thiazole rings is 1. The average molecular weight is 641 g/mol. The number of carboxylic acid groups (broad SMARTS) is 1. The van der Waals surface area contributed by atoms with Gasteiger partial charge in [-0.05, 0) is 85.2 Å². The fourth-order valence-corrected chi connectivity index (χ4v) is 6.29. The van der Waals surface area contributed by atoms with Crippen LogP contribution in [-0.2, 0) is 28.0 Å². The Morgan fingerprint density at radius 2 is 1.80 bits per heavy atom. The van der Waals surface area contributed by atoms with Gasteiger partial charge in [0.15, 0.2) is 22.5 Å². The van der Waals surface area contributed by atoms with E-state index in [1.165, 1.54) is 29.6 Å². The number of rotatable bonds is 9. The lowest BCUT2D eigenvalue weighted by Gasteiger charge is -2.10. The van der Waals surface area contributed by atoms with E-state index in [-0.39, 0.29) is 28.0 Å². The topological polar surface area (TPSA) is 141 Å². The molecule has 4 N–H and O–H groups in total. The first-order valence-electron chi connectivity index (χ1n) is 13.5. The van der Waals surface area contributed by atoms with E-state index in [1.807, 2.05) is 0 Å². The summed E-state index contributed by atoms with van der Waals surface area (Å²) >= 11 is 1.13. The molecule has 1 aliphatic carbocycles. The van der Waals surface area contributed by atoms with Crippen molar-refractivity contribution in [3.05, 3.63) is 106 Å². The molecule has 44 heavy (non-hydrogen) atoms. The largest absolute Gasteiger partial charge is 0.870 e. The van der Waals surface area contributed by atoms with Crippen LogP contribution in [0.3, 0.4) is 0 Å². The van der Waals surface area contributed by atoms with Crippen molar-refractivity contribution in [2.24, 2.45) is 11.1 Å². The summed E-state index contributed by atoms with van der Waals surface area (Å²) in [6.45, 7) is 1.63. The number of hydrogen-bond acceptors (Lipinski definition) is 6. The Morgan fingerprint density at radius 1 is 1.05 bits per heavy atom. The SMILES string of the molecule is Cc1ccc(-c2cc(-c3nn(-c4nc(C(=O)O)cs4)c(CC4CC4)c3Cc3ccc([SH+](N)=O)c(F)c3)ccc2F)cc1F.[OH-]. The van der Waals surface area contributed by atoms with Crippen LogP contribution in [0, 0.1) is 30.3 Å². The number of benzene rings is 3. The van der Waals surface area contributed by atoms with E-state index >= 15 is 4.39 Å². The van der Waals surface area contributed by atoms with Crippen LogP contribution in [0.1, 0.15) is 45.7 Å². The highest BCUT2D eigenvalue weighted by atomic mass is 32.2. The summed E-state index contributed by atoms with van der Waals surface area (Å²) in [5, 5.41) is 21.6. The molecule has 2 aromatic heterocycles. The Morgan fingerprint density at radius 3 is 2.43 bits per heavy atom. The van der Waals surface area contributed by atoms with Crippen LogP contribution in [0.2, 0.25) is 0 Å². The van der Waals surface area contributed by atoms with Gasteiger partial charge in [-0.3, -0.25) is 0 Å². The molecule has 0 spiro atoms. The van der Waals surface area contributed by atoms with Crippen molar-refractivity contribution in [1.82, 2.24) is 14.8 Å². The van der Waals surface area contributed by atoms with Gasteiger partial charge in [0.1, 0.15) is 11.6 Å². The first-order valence-corrected chi connectivity index (χ1v) is 15.7. The van der Waals surface area contributed by atoms with Crippen molar-refractivity contribution >= 4 is 28.3 Å². The zero-order valence-electron chi connectivity index (χ0n) is 23.3. The van der Waals surface area contributed by atoms with E-state index in [4.69, 9.17) is 10.2 Å². The summed E-state index contributed by atoms with van der Waals surface area (Å²) < 4.78 is 57.7. The molecule has 1 fully saturated rings. The van der Waals surface area contributed by atoms with Crippen LogP contribution in [0.25, 0.3) is 27.5 Å². The highest BCUT2D eigenvalue weighted by molar-refractivity contribution is 7.82. The predicted octanol–water partition coefficient (Wildman–Crippen LogP) is 6.38. The lowest BCUT2D eigenvalue weighted by atomic mass is 9.94. The molecular weight excluding hydrogens is 613 g/mol. The fourth-order valence-electron chi connectivity index (χ4n) is 5.02. The molecule has 228 valence electrons. The number of carbonyl (C=O) groups is 1. The Bertz CT molecular complexity index is 1920. The summed E-state index contributed by atoms with van der Waals surface area (Å²) in [5.41, 5.74) is 3.98. The molecule has 0 amide bonds. The van der Waals surface area contributed by atoms with Crippen LogP contribution in [0.4, 0.5) is 13.2 Å². The standard InChI is InChI=1S/C31H25F3N4O3S2.H2O/c1-16-2-6-19(14-24(16)33)21-13-20(7-8-23(21)32)29-22(10-18-5-9-28(43(35)41)25(34)11-18)27(12-17-3-4-17)38(37-29)31-36-26(15-42-31)30(39)40;/h2,5-9,11,13-15,17H,3-4,10,12H2,1H3,(H2,35,41)(H,39,40);1H2. The summed E-state index contributed by atoms with van der Waals surface area (Å²) in [7, 11) is -2.36. The number of halogens is 3. The Kier molecular flexibility index (Phi) is 8.84. The smallest absolute Gasteiger partial charge is 0.355 e. The molecule has 1 atom stereocenters. The highest BCUT2D eigenvalue weighted by Crippen LogP contribution is 2.39. The fraction of sp³-hybridized carbons (Fsp3) is 0.194. The minimum atomic E-state index is -2.36. The van der Waals surface area contributed by atoms with Gasteiger partial charge in [-0.1, -0.05) is 22.4 Å². The van der Waals surface area contributed by atoms with Crippen molar-refractivity contribution < 1.29 is 32.8 Å². The van der Waals surface area contributed by atoms with E-state index in [1.54, 1.807) is 41.9 Å². The van der Waals surface area contributed by atoms with Crippen LogP contribution in [0.15, 0.2) is 64.9 Å². The molecule has 3 aromatic carbocycles. The molecular formula is C31H27F3N4O4S2. The Labute approximate surface area is 256 Å². The average Bonchev–Trinajstić information content (AvgIpc) is 3.53. The first-order chi connectivity index (χ1) is 20.6. The van der Waals surface area contributed by atoms with Gasteiger partial charge in [0.2, 0.25) is 10.0 Å². The Balaban J connectivity index is 0.00000384. The maximum Gasteiger partial charge on any atom is 0.355 e. The number of thiol groups is 1. The number of nitrogens with zero attached hydrogens (tertiary/aromatic N) is 3. The predicted molar refractivity (Wildman–Crippen MR) is 161 cm³/mol. The second-order valence-corrected chi connectivity index (χ2v) is 12.6. The second-order valence-electron chi connectivity index (χ2n) is 10.6. The van der Waals surface area contributed by atoms with Crippen LogP contribution < -0.4 is 5.14 Å². The quantitative estimate of drug-likeness (QED) is 0.141. The van der Waals surface area contributed by atoms with Crippen molar-refractivity contribution in [3.8, 4) is 27.5 Å². The van der Waals surface area contributed by atoms with Gasteiger partial charge >= 0.3 is 5.97 Å². The van der Waals surface area contributed by atoms with Gasteiger partial charge in [-0.25, -0.2) is 27.6 Å². The zero-order valence-corrected chi connectivity index (χ0v) is 25.0. The van der Waals surface area contributed by atoms with E-state index in [9.17, 15) is 22.9 Å². The maximum absolute atomic E-state index is 15.1. The number of aromatic carboxylic acids is 1. The van der Waals surface area contributed by atoms with Gasteiger partial charge < -0.3 is 10.6 Å². The summed E-state index contributed by atoms with van der Waals surface area (Å²) in [6.07, 6.45) is 2.88. The monoisotopic (exact) mass is 640 g/mol. The van der Waals surface area contributed by atoms with Crippen molar-refractivity contribution in [2.75, 3.05) is 0 Å². The van der Waals surface area contributed by atoms with Gasteiger partial charge in [0.25, 0.3) is 0 Å². The number of nitrogens with two attached hydrogens (primary N) is 1. The van der Waals surface area contributed by atoms with Crippen LogP contribution in [-0.4, -0.2) is 31.3 Å². The molecule has 0 aliphatic heterocycles. The normalized spacial score (nSPS) is 13.5. The highest BCUT2D eigenvalue weighted by Gasteiger charge is 2.30. The number of aryl methyl sites for hydroxylation is 1. The third-order valence-electron chi connectivity index (χ3n) is 7.51. The lowest BCUT2D eigenvalue weighted by molar-refractivity contribution is 0.0691.